The zero-order valence-electron chi connectivity index (χ0n) is 9.17. The molecule has 0 unspecified atom stereocenters. The highest BCUT2D eigenvalue weighted by atomic mass is 19.4. The van der Waals surface area contributed by atoms with Crippen molar-refractivity contribution in [3.8, 4) is 0 Å². The SMILES string of the molecule is CC(C)N1Cc2cnc(C(F)(F)F)cc2C1. The van der Waals surface area contributed by atoms with Crippen LogP contribution in [0.4, 0.5) is 13.2 Å². The van der Waals surface area contributed by atoms with E-state index in [9.17, 15) is 13.2 Å². The number of halogens is 3. The molecule has 0 bridgehead atoms. The zero-order chi connectivity index (χ0) is 11.9. The van der Waals surface area contributed by atoms with Crippen LogP contribution >= 0.6 is 0 Å². The van der Waals surface area contributed by atoms with Gasteiger partial charge in [-0.15, -0.1) is 0 Å². The van der Waals surface area contributed by atoms with Crippen molar-refractivity contribution < 1.29 is 13.2 Å². The fourth-order valence-electron chi connectivity index (χ4n) is 1.83. The second-order valence-corrected chi connectivity index (χ2v) is 4.33. The van der Waals surface area contributed by atoms with E-state index in [0.29, 0.717) is 19.1 Å². The Bertz CT molecular complexity index is 399. The van der Waals surface area contributed by atoms with Crippen LogP contribution in [0.5, 0.6) is 0 Å². The molecule has 2 nitrogen and oxygen atoms in total. The molecule has 0 saturated carbocycles. The van der Waals surface area contributed by atoms with Crippen LogP contribution in [0, 0.1) is 0 Å². The molecule has 1 aromatic heterocycles. The lowest BCUT2D eigenvalue weighted by atomic mass is 10.1. The molecule has 5 heteroatoms. The van der Waals surface area contributed by atoms with Crippen LogP contribution in [0.25, 0.3) is 0 Å². The van der Waals surface area contributed by atoms with Crippen molar-refractivity contribution in [2.45, 2.75) is 39.2 Å². The quantitative estimate of drug-likeness (QED) is 0.737. The van der Waals surface area contributed by atoms with Gasteiger partial charge in [-0.3, -0.25) is 9.88 Å². The molecule has 2 rings (SSSR count). The summed E-state index contributed by atoms with van der Waals surface area (Å²) < 4.78 is 37.3. The molecular weight excluding hydrogens is 217 g/mol. The Morgan fingerprint density at radius 2 is 1.88 bits per heavy atom. The first-order valence-corrected chi connectivity index (χ1v) is 5.17. The number of pyridine rings is 1. The fraction of sp³-hybridized carbons (Fsp3) is 0.545. The van der Waals surface area contributed by atoms with E-state index in [-0.39, 0.29) is 0 Å². The van der Waals surface area contributed by atoms with E-state index >= 15 is 0 Å². The highest BCUT2D eigenvalue weighted by Gasteiger charge is 2.34. The van der Waals surface area contributed by atoms with Crippen LogP contribution in [0.3, 0.4) is 0 Å². The summed E-state index contributed by atoms with van der Waals surface area (Å²) in [6.45, 7) is 5.34. The van der Waals surface area contributed by atoms with E-state index in [4.69, 9.17) is 0 Å². The van der Waals surface area contributed by atoms with Gasteiger partial charge in [-0.2, -0.15) is 13.2 Å². The Balaban J connectivity index is 2.28. The van der Waals surface area contributed by atoms with Crippen LogP contribution in [0.1, 0.15) is 30.7 Å². The van der Waals surface area contributed by atoms with Gasteiger partial charge in [0.05, 0.1) is 0 Å². The number of hydrogen-bond donors (Lipinski definition) is 0. The van der Waals surface area contributed by atoms with Gasteiger partial charge in [0, 0.05) is 25.3 Å². The first kappa shape index (κ1) is 11.4. The predicted molar refractivity (Wildman–Crippen MR) is 53.6 cm³/mol. The summed E-state index contributed by atoms with van der Waals surface area (Å²) in [6.07, 6.45) is -3.00. The molecule has 0 fully saturated rings. The van der Waals surface area contributed by atoms with Crippen molar-refractivity contribution >= 4 is 0 Å². The smallest absolute Gasteiger partial charge is 0.292 e. The third-order valence-electron chi connectivity index (χ3n) is 2.85. The third kappa shape index (κ3) is 2.04. The minimum Gasteiger partial charge on any atom is -0.292 e. The molecule has 2 heterocycles. The molecule has 16 heavy (non-hydrogen) atoms. The molecule has 0 aliphatic carbocycles. The molecule has 88 valence electrons. The van der Waals surface area contributed by atoms with Crippen molar-refractivity contribution in [1.82, 2.24) is 9.88 Å². The maximum Gasteiger partial charge on any atom is 0.433 e. The van der Waals surface area contributed by atoms with Gasteiger partial charge in [-0.1, -0.05) is 0 Å². The molecule has 0 N–H and O–H groups in total. The van der Waals surface area contributed by atoms with E-state index in [1.807, 2.05) is 13.8 Å². The number of alkyl halides is 3. The molecule has 0 radical (unpaired) electrons. The van der Waals surface area contributed by atoms with E-state index < -0.39 is 11.9 Å². The highest BCUT2D eigenvalue weighted by Crippen LogP contribution is 2.31. The number of fused-ring (bicyclic) bond motifs is 1. The van der Waals surface area contributed by atoms with Gasteiger partial charge in [-0.25, -0.2) is 0 Å². The van der Waals surface area contributed by atoms with Crippen molar-refractivity contribution in [2.75, 3.05) is 0 Å². The minimum atomic E-state index is -4.35. The van der Waals surface area contributed by atoms with Crippen molar-refractivity contribution in [1.29, 1.82) is 0 Å². The molecule has 0 amide bonds. The summed E-state index contributed by atoms with van der Waals surface area (Å²) in [5, 5.41) is 0. The molecular formula is C11H13F3N2. The second-order valence-electron chi connectivity index (χ2n) is 4.33. The summed E-state index contributed by atoms with van der Waals surface area (Å²) >= 11 is 0. The molecule has 0 aromatic carbocycles. The largest absolute Gasteiger partial charge is 0.433 e. The van der Waals surface area contributed by atoms with Gasteiger partial charge in [0.25, 0.3) is 0 Å². The molecule has 0 atom stereocenters. The van der Waals surface area contributed by atoms with Crippen molar-refractivity contribution in [3.63, 3.8) is 0 Å². The van der Waals surface area contributed by atoms with Crippen LogP contribution in [-0.4, -0.2) is 15.9 Å². The normalized spacial score (nSPS) is 16.9. The highest BCUT2D eigenvalue weighted by molar-refractivity contribution is 5.31. The van der Waals surface area contributed by atoms with Gasteiger partial charge < -0.3 is 0 Å². The lowest BCUT2D eigenvalue weighted by Gasteiger charge is -2.18. The van der Waals surface area contributed by atoms with Crippen LogP contribution in [-0.2, 0) is 19.3 Å². The van der Waals surface area contributed by atoms with Crippen molar-refractivity contribution in [2.24, 2.45) is 0 Å². The predicted octanol–water partition coefficient (Wildman–Crippen LogP) is 2.82. The Labute approximate surface area is 92.1 Å². The second kappa shape index (κ2) is 3.73. The minimum absolute atomic E-state index is 0.335. The van der Waals surface area contributed by atoms with Crippen LogP contribution < -0.4 is 0 Å². The Hall–Kier alpha value is -1.10. The van der Waals surface area contributed by atoms with E-state index in [1.165, 1.54) is 6.20 Å². The zero-order valence-corrected chi connectivity index (χ0v) is 9.17. The number of hydrogen-bond acceptors (Lipinski definition) is 2. The summed E-state index contributed by atoms with van der Waals surface area (Å²) in [4.78, 5) is 5.58. The Morgan fingerprint density at radius 1 is 1.25 bits per heavy atom. The van der Waals surface area contributed by atoms with E-state index in [0.717, 1.165) is 17.2 Å². The topological polar surface area (TPSA) is 16.1 Å². The van der Waals surface area contributed by atoms with Crippen LogP contribution in [0.15, 0.2) is 12.3 Å². The van der Waals surface area contributed by atoms with Gasteiger partial charge in [-0.05, 0) is 31.0 Å². The summed E-state index contributed by atoms with van der Waals surface area (Å²) in [5.74, 6) is 0. The monoisotopic (exact) mass is 230 g/mol. The molecule has 1 aliphatic rings. The van der Waals surface area contributed by atoms with E-state index in [1.54, 1.807) is 0 Å². The van der Waals surface area contributed by atoms with Crippen LogP contribution in [0.2, 0.25) is 0 Å². The lowest BCUT2D eigenvalue weighted by molar-refractivity contribution is -0.141. The van der Waals surface area contributed by atoms with Gasteiger partial charge in [0.2, 0.25) is 0 Å². The summed E-state index contributed by atoms with van der Waals surface area (Å²) in [6, 6.07) is 1.50. The molecule has 0 saturated heterocycles. The average molecular weight is 230 g/mol. The fourth-order valence-corrected chi connectivity index (χ4v) is 1.83. The Morgan fingerprint density at radius 3 is 2.44 bits per heavy atom. The van der Waals surface area contributed by atoms with Gasteiger partial charge in [0.15, 0.2) is 0 Å². The maximum absolute atomic E-state index is 12.4. The standard InChI is InChI=1S/C11H13F3N2/c1-7(2)16-5-8-3-10(11(12,13)14)15-4-9(8)6-16/h3-4,7H,5-6H2,1-2H3. The average Bonchev–Trinajstić information content (AvgIpc) is 2.58. The summed E-state index contributed by atoms with van der Waals surface area (Å²) in [5.41, 5.74) is 0.856. The summed E-state index contributed by atoms with van der Waals surface area (Å²) in [7, 11) is 0. The molecule has 0 spiro atoms. The molecule has 1 aliphatic heterocycles. The first-order valence-electron chi connectivity index (χ1n) is 5.17. The van der Waals surface area contributed by atoms with Gasteiger partial charge >= 0.3 is 6.18 Å². The van der Waals surface area contributed by atoms with Gasteiger partial charge in [0.1, 0.15) is 5.69 Å². The molecule has 1 aromatic rings. The number of nitrogens with zero attached hydrogens (tertiary/aromatic N) is 2. The lowest BCUT2D eigenvalue weighted by Crippen LogP contribution is -2.24. The maximum atomic E-state index is 12.4. The van der Waals surface area contributed by atoms with Crippen molar-refractivity contribution in [3.05, 3.63) is 29.1 Å². The van der Waals surface area contributed by atoms with E-state index in [2.05, 4.69) is 9.88 Å². The number of aromatic nitrogens is 1. The third-order valence-corrected chi connectivity index (χ3v) is 2.85. The number of rotatable bonds is 1. The Kier molecular flexibility index (Phi) is 2.66. The first-order chi connectivity index (χ1) is 7.38.